The number of benzene rings is 1. The fourth-order valence-corrected chi connectivity index (χ4v) is 4.34. The third-order valence-corrected chi connectivity index (χ3v) is 6.14. The van der Waals surface area contributed by atoms with Crippen molar-refractivity contribution in [2.24, 2.45) is 5.92 Å². The molecule has 0 radical (unpaired) electrons. The Morgan fingerprint density at radius 1 is 1.24 bits per heavy atom. The highest BCUT2D eigenvalue weighted by Crippen LogP contribution is 2.20. The van der Waals surface area contributed by atoms with Crippen LogP contribution in [0.4, 0.5) is 0 Å². The Morgan fingerprint density at radius 3 is 2.48 bits per heavy atom. The molecule has 21 heavy (non-hydrogen) atoms. The van der Waals surface area contributed by atoms with Gasteiger partial charge in [0.2, 0.25) is 10.0 Å². The fraction of sp³-hybridized carbons (Fsp3) is 0.625. The predicted octanol–water partition coefficient (Wildman–Crippen LogP) is 2.26. The van der Waals surface area contributed by atoms with Crippen LogP contribution in [0, 0.1) is 5.92 Å². The Bertz CT molecular complexity index is 534. The van der Waals surface area contributed by atoms with Crippen LogP contribution in [0.2, 0.25) is 0 Å². The molecule has 0 aliphatic carbocycles. The second kappa shape index (κ2) is 7.38. The van der Waals surface area contributed by atoms with Gasteiger partial charge in [0.05, 0.1) is 4.90 Å². The van der Waals surface area contributed by atoms with Gasteiger partial charge in [0, 0.05) is 13.1 Å². The van der Waals surface area contributed by atoms with Crippen molar-refractivity contribution in [1.29, 1.82) is 0 Å². The zero-order valence-electron chi connectivity index (χ0n) is 13.0. The molecule has 0 aromatic heterocycles. The number of sulfonamides is 1. The number of piperidine rings is 1. The summed E-state index contributed by atoms with van der Waals surface area (Å²) in [5.41, 5.74) is 1.16. The molecule has 1 N–H and O–H groups in total. The van der Waals surface area contributed by atoms with Crippen LogP contribution in [0.15, 0.2) is 29.2 Å². The van der Waals surface area contributed by atoms with E-state index in [0.29, 0.717) is 23.9 Å². The lowest BCUT2D eigenvalue weighted by Crippen LogP contribution is -2.40. The van der Waals surface area contributed by atoms with Crippen molar-refractivity contribution in [2.45, 2.75) is 38.0 Å². The van der Waals surface area contributed by atoms with Gasteiger partial charge in [0.25, 0.3) is 0 Å². The molecule has 1 aromatic rings. The summed E-state index contributed by atoms with van der Waals surface area (Å²) >= 11 is 0. The fourth-order valence-electron chi connectivity index (χ4n) is 2.81. The number of nitrogens with one attached hydrogen (secondary N) is 1. The van der Waals surface area contributed by atoms with Crippen LogP contribution in [-0.4, -0.2) is 38.9 Å². The SMILES string of the molecule is CCc1ccc(S(=O)(=O)N(CC)CC2CCCNC2)cc1. The maximum Gasteiger partial charge on any atom is 0.243 e. The maximum atomic E-state index is 12.7. The summed E-state index contributed by atoms with van der Waals surface area (Å²) in [5, 5.41) is 3.35. The van der Waals surface area contributed by atoms with Crippen molar-refractivity contribution >= 4 is 10.0 Å². The number of aryl methyl sites for hydroxylation is 1. The second-order valence-electron chi connectivity index (χ2n) is 5.67. The van der Waals surface area contributed by atoms with E-state index in [1.54, 1.807) is 16.4 Å². The molecule has 118 valence electrons. The molecule has 1 aliphatic rings. The van der Waals surface area contributed by atoms with Gasteiger partial charge >= 0.3 is 0 Å². The molecule has 0 saturated carbocycles. The number of hydrogen-bond donors (Lipinski definition) is 1. The van der Waals surface area contributed by atoms with Gasteiger partial charge in [-0.1, -0.05) is 26.0 Å². The van der Waals surface area contributed by atoms with Crippen molar-refractivity contribution < 1.29 is 8.42 Å². The van der Waals surface area contributed by atoms with Gasteiger partial charge in [-0.05, 0) is 56.0 Å². The van der Waals surface area contributed by atoms with E-state index in [2.05, 4.69) is 12.2 Å². The Morgan fingerprint density at radius 2 is 1.95 bits per heavy atom. The Balaban J connectivity index is 2.13. The first-order valence-electron chi connectivity index (χ1n) is 7.87. The van der Waals surface area contributed by atoms with Crippen LogP contribution in [0.5, 0.6) is 0 Å². The Labute approximate surface area is 128 Å². The van der Waals surface area contributed by atoms with Crippen molar-refractivity contribution in [3.63, 3.8) is 0 Å². The van der Waals surface area contributed by atoms with E-state index in [4.69, 9.17) is 0 Å². The van der Waals surface area contributed by atoms with Crippen LogP contribution in [-0.2, 0) is 16.4 Å². The molecule has 1 fully saturated rings. The standard InChI is InChI=1S/C16H26N2O2S/c1-3-14-7-9-16(10-8-14)21(19,20)18(4-2)13-15-6-5-11-17-12-15/h7-10,15,17H,3-6,11-13H2,1-2H3. The molecule has 1 atom stereocenters. The molecule has 1 unspecified atom stereocenters. The minimum Gasteiger partial charge on any atom is -0.316 e. The first-order valence-corrected chi connectivity index (χ1v) is 9.31. The molecular weight excluding hydrogens is 284 g/mol. The molecule has 1 heterocycles. The smallest absolute Gasteiger partial charge is 0.243 e. The minimum atomic E-state index is -3.37. The average molecular weight is 310 g/mol. The van der Waals surface area contributed by atoms with Crippen molar-refractivity contribution in [3.05, 3.63) is 29.8 Å². The third-order valence-electron chi connectivity index (χ3n) is 4.18. The summed E-state index contributed by atoms with van der Waals surface area (Å²) in [4.78, 5) is 0.408. The molecule has 4 nitrogen and oxygen atoms in total. The van der Waals surface area contributed by atoms with Crippen molar-refractivity contribution in [1.82, 2.24) is 9.62 Å². The van der Waals surface area contributed by atoms with Gasteiger partial charge < -0.3 is 5.32 Å². The molecule has 0 bridgehead atoms. The zero-order chi connectivity index (χ0) is 15.3. The third kappa shape index (κ3) is 4.05. The average Bonchev–Trinajstić information content (AvgIpc) is 2.53. The van der Waals surface area contributed by atoms with E-state index in [9.17, 15) is 8.42 Å². The maximum absolute atomic E-state index is 12.7. The number of rotatable bonds is 6. The van der Waals surface area contributed by atoms with Gasteiger partial charge in [-0.3, -0.25) is 0 Å². The first kappa shape index (κ1) is 16.5. The van der Waals surface area contributed by atoms with E-state index in [0.717, 1.165) is 37.9 Å². The van der Waals surface area contributed by atoms with Crippen LogP contribution < -0.4 is 5.32 Å². The molecule has 0 spiro atoms. The van der Waals surface area contributed by atoms with E-state index in [1.165, 1.54) is 0 Å². The van der Waals surface area contributed by atoms with Crippen molar-refractivity contribution in [3.8, 4) is 0 Å². The lowest BCUT2D eigenvalue weighted by molar-refractivity contribution is 0.298. The van der Waals surface area contributed by atoms with E-state index in [-0.39, 0.29) is 0 Å². The monoisotopic (exact) mass is 310 g/mol. The predicted molar refractivity (Wildman–Crippen MR) is 85.8 cm³/mol. The van der Waals surface area contributed by atoms with Crippen molar-refractivity contribution in [2.75, 3.05) is 26.2 Å². The minimum absolute atomic E-state index is 0.408. The van der Waals surface area contributed by atoms with Gasteiger partial charge in [0.15, 0.2) is 0 Å². The molecular formula is C16H26N2O2S. The summed E-state index contributed by atoms with van der Waals surface area (Å²) in [6.07, 6.45) is 3.16. The topological polar surface area (TPSA) is 49.4 Å². The highest BCUT2D eigenvalue weighted by molar-refractivity contribution is 7.89. The van der Waals surface area contributed by atoms with E-state index < -0.39 is 10.0 Å². The van der Waals surface area contributed by atoms with E-state index in [1.807, 2.05) is 19.1 Å². The molecule has 1 aliphatic heterocycles. The molecule has 5 heteroatoms. The largest absolute Gasteiger partial charge is 0.316 e. The Kier molecular flexibility index (Phi) is 5.79. The normalized spacial score (nSPS) is 19.9. The molecule has 0 amide bonds. The lowest BCUT2D eigenvalue weighted by Gasteiger charge is -2.29. The van der Waals surface area contributed by atoms with Gasteiger partial charge in [0.1, 0.15) is 0 Å². The van der Waals surface area contributed by atoms with Crippen LogP contribution >= 0.6 is 0 Å². The molecule has 1 saturated heterocycles. The summed E-state index contributed by atoms with van der Waals surface area (Å²) < 4.78 is 27.1. The van der Waals surface area contributed by atoms with Gasteiger partial charge in [-0.15, -0.1) is 0 Å². The highest BCUT2D eigenvalue weighted by Gasteiger charge is 2.26. The van der Waals surface area contributed by atoms with Crippen LogP contribution in [0.3, 0.4) is 0 Å². The quantitative estimate of drug-likeness (QED) is 0.877. The zero-order valence-corrected chi connectivity index (χ0v) is 13.8. The first-order chi connectivity index (χ1) is 10.1. The highest BCUT2D eigenvalue weighted by atomic mass is 32.2. The summed E-state index contributed by atoms with van der Waals surface area (Å²) in [6.45, 7) is 7.08. The number of nitrogens with zero attached hydrogens (tertiary/aromatic N) is 1. The van der Waals surface area contributed by atoms with Gasteiger partial charge in [-0.25, -0.2) is 8.42 Å². The van der Waals surface area contributed by atoms with Gasteiger partial charge in [-0.2, -0.15) is 4.31 Å². The second-order valence-corrected chi connectivity index (χ2v) is 7.60. The van der Waals surface area contributed by atoms with Crippen LogP contribution in [0.25, 0.3) is 0 Å². The summed E-state index contributed by atoms with van der Waals surface area (Å²) in [7, 11) is -3.37. The lowest BCUT2D eigenvalue weighted by atomic mass is 10.00. The molecule has 2 rings (SSSR count). The molecule has 1 aromatic carbocycles. The van der Waals surface area contributed by atoms with Crippen LogP contribution in [0.1, 0.15) is 32.3 Å². The summed E-state index contributed by atoms with van der Waals surface area (Å²) in [6, 6.07) is 7.28. The van der Waals surface area contributed by atoms with E-state index >= 15 is 0 Å². The summed E-state index contributed by atoms with van der Waals surface area (Å²) in [5.74, 6) is 0.420. The Hall–Kier alpha value is -0.910. The number of hydrogen-bond acceptors (Lipinski definition) is 3.